The molecule has 0 spiro atoms. The largest absolute Gasteiger partial charge is 1.00 e. The number of carboxylic acid groups (broad SMARTS) is 1. The number of aliphatic hydroxyl groups excluding tert-OH is 1. The van der Waals surface area contributed by atoms with Gasteiger partial charge in [0.25, 0.3) is 0 Å². The van der Waals surface area contributed by atoms with E-state index in [-0.39, 0.29) is 18.9 Å². The Hall–Kier alpha value is -0.313. The maximum Gasteiger partial charge on any atom is 1.00 e. The molecule has 0 saturated heterocycles. The number of carbonyl (C=O) groups is 1. The second kappa shape index (κ2) is 12.2. The van der Waals surface area contributed by atoms with Crippen molar-refractivity contribution in [3.05, 3.63) is 12.2 Å². The van der Waals surface area contributed by atoms with Gasteiger partial charge in [0, 0.05) is 25.7 Å². The Labute approximate surface area is 115 Å². The molecule has 3 N–H and O–H groups in total. The minimum atomic E-state index is -1.11. The molecule has 0 amide bonds. The summed E-state index contributed by atoms with van der Waals surface area (Å²) in [6.45, 7) is 5.14. The van der Waals surface area contributed by atoms with Gasteiger partial charge in [-0.25, -0.2) is 0 Å². The van der Waals surface area contributed by atoms with Crippen LogP contribution in [0.1, 0.15) is 20.3 Å². The minimum absolute atomic E-state index is 0. The summed E-state index contributed by atoms with van der Waals surface area (Å²) < 4.78 is 0. The second-order valence-corrected chi connectivity index (χ2v) is 3.60. The molecule has 0 aliphatic rings. The van der Waals surface area contributed by atoms with Crippen molar-refractivity contribution < 1.29 is 33.9 Å². The third kappa shape index (κ3) is 11.9. The van der Waals surface area contributed by atoms with Gasteiger partial charge in [-0.15, -0.1) is 0 Å². The molecule has 6 heteroatoms. The fourth-order valence-corrected chi connectivity index (χ4v) is 1.07. The van der Waals surface area contributed by atoms with Crippen LogP contribution < -0.4 is 34.6 Å². The number of aliphatic hydroxyl groups is 1. The molecule has 0 aliphatic heterocycles. The van der Waals surface area contributed by atoms with Gasteiger partial charge in [0.2, 0.25) is 0 Å². The van der Waals surface area contributed by atoms with Gasteiger partial charge in [0.05, 0.1) is 12.1 Å². The fourth-order valence-electron chi connectivity index (χ4n) is 1.07. The first-order valence-corrected chi connectivity index (χ1v) is 5.57. The van der Waals surface area contributed by atoms with Crippen LogP contribution in [0, 0.1) is 0 Å². The molecule has 0 radical (unpaired) electrons. The second-order valence-electron chi connectivity index (χ2n) is 3.60. The van der Waals surface area contributed by atoms with Crippen LogP contribution in [-0.2, 0) is 4.79 Å². The summed E-state index contributed by atoms with van der Waals surface area (Å²) >= 11 is 0. The number of carbonyl (C=O) groups excluding carboxylic acids is 1. The summed E-state index contributed by atoms with van der Waals surface area (Å²) in [5.74, 6) is -1.11. The summed E-state index contributed by atoms with van der Waals surface area (Å²) in [4.78, 5) is 10.3. The number of aliphatic carboxylic acids is 1. The van der Waals surface area contributed by atoms with Crippen molar-refractivity contribution in [2.75, 3.05) is 19.6 Å². The van der Waals surface area contributed by atoms with Crippen LogP contribution in [0.5, 0.6) is 0 Å². The van der Waals surface area contributed by atoms with E-state index in [1.54, 1.807) is 6.08 Å². The zero-order valence-electron chi connectivity index (χ0n) is 10.9. The standard InChI is InChI=1S/C11H22N2O3.Li/c1-3-4-5-10(14)8-12-6-7-13-9(2)11(15)16;/h4-5,9-10,12-14H,3,6-8H2,1-2H3,(H,15,16);/q;+1/p-1/b5-4+;. The zero-order valence-corrected chi connectivity index (χ0v) is 10.9. The van der Waals surface area contributed by atoms with Gasteiger partial charge < -0.3 is 25.6 Å². The summed E-state index contributed by atoms with van der Waals surface area (Å²) in [7, 11) is 0. The number of hydrogen-bond donors (Lipinski definition) is 3. The van der Waals surface area contributed by atoms with Gasteiger partial charge in [-0.1, -0.05) is 19.1 Å². The van der Waals surface area contributed by atoms with E-state index < -0.39 is 18.1 Å². The molecule has 0 heterocycles. The molecule has 0 fully saturated rings. The minimum Gasteiger partial charge on any atom is -0.548 e. The molecule has 0 aliphatic carbocycles. The third-order valence-electron chi connectivity index (χ3n) is 2.05. The fraction of sp³-hybridized carbons (Fsp3) is 0.727. The van der Waals surface area contributed by atoms with Crippen molar-refractivity contribution in [3.8, 4) is 0 Å². The van der Waals surface area contributed by atoms with Crippen molar-refractivity contribution in [3.63, 3.8) is 0 Å². The van der Waals surface area contributed by atoms with E-state index in [0.29, 0.717) is 19.6 Å². The van der Waals surface area contributed by atoms with E-state index in [1.165, 1.54) is 6.92 Å². The number of nitrogens with one attached hydrogen (secondary N) is 2. The Morgan fingerprint density at radius 3 is 2.65 bits per heavy atom. The van der Waals surface area contributed by atoms with Crippen molar-refractivity contribution in [2.45, 2.75) is 32.4 Å². The molecule has 5 nitrogen and oxygen atoms in total. The predicted molar refractivity (Wildman–Crippen MR) is 60.8 cm³/mol. The monoisotopic (exact) mass is 236 g/mol. The molecule has 0 bridgehead atoms. The van der Waals surface area contributed by atoms with Gasteiger partial charge >= 0.3 is 18.9 Å². The first-order valence-electron chi connectivity index (χ1n) is 5.57. The van der Waals surface area contributed by atoms with Gasteiger partial charge in [-0.05, 0) is 13.3 Å². The molecule has 0 aromatic heterocycles. The van der Waals surface area contributed by atoms with Crippen molar-refractivity contribution in [1.82, 2.24) is 10.6 Å². The summed E-state index contributed by atoms with van der Waals surface area (Å²) in [6, 6.07) is -0.647. The van der Waals surface area contributed by atoms with Gasteiger partial charge in [-0.2, -0.15) is 0 Å². The molecule has 0 aromatic carbocycles. The van der Waals surface area contributed by atoms with Crippen LogP contribution in [0.25, 0.3) is 0 Å². The molecule has 0 aromatic rings. The maximum absolute atomic E-state index is 10.3. The van der Waals surface area contributed by atoms with Gasteiger partial charge in [-0.3, -0.25) is 0 Å². The summed E-state index contributed by atoms with van der Waals surface area (Å²) in [5, 5.41) is 25.5. The van der Waals surface area contributed by atoms with Crippen LogP contribution in [0.4, 0.5) is 0 Å². The Morgan fingerprint density at radius 2 is 2.12 bits per heavy atom. The Morgan fingerprint density at radius 1 is 1.47 bits per heavy atom. The Bertz CT molecular complexity index is 225. The number of rotatable bonds is 9. The van der Waals surface area contributed by atoms with Crippen molar-refractivity contribution >= 4 is 5.97 Å². The predicted octanol–water partition coefficient (Wildman–Crippen LogP) is -4.36. The topological polar surface area (TPSA) is 84.4 Å². The average Bonchev–Trinajstić information content (AvgIpc) is 2.25. The average molecular weight is 236 g/mol. The van der Waals surface area contributed by atoms with Gasteiger partial charge in [0.1, 0.15) is 0 Å². The smallest absolute Gasteiger partial charge is 0.548 e. The Kier molecular flexibility index (Phi) is 13.6. The number of carboxylic acids is 1. The van der Waals surface area contributed by atoms with Crippen LogP contribution in [0.3, 0.4) is 0 Å². The first-order chi connectivity index (χ1) is 7.57. The molecule has 0 saturated carbocycles. The molecule has 17 heavy (non-hydrogen) atoms. The number of allylic oxidation sites excluding steroid dienone is 1. The molecular weight excluding hydrogens is 215 g/mol. The van der Waals surface area contributed by atoms with Crippen LogP contribution in [0.15, 0.2) is 12.2 Å². The molecule has 2 unspecified atom stereocenters. The SMILES string of the molecule is CC/C=C/C(O)CNCCNC(C)C(=O)[O-].[Li+]. The van der Waals surface area contributed by atoms with E-state index in [0.717, 1.165) is 6.42 Å². The van der Waals surface area contributed by atoms with E-state index in [4.69, 9.17) is 0 Å². The van der Waals surface area contributed by atoms with Crippen molar-refractivity contribution in [2.24, 2.45) is 0 Å². The Balaban J connectivity index is 0. The summed E-state index contributed by atoms with van der Waals surface area (Å²) in [5.41, 5.74) is 0. The third-order valence-corrected chi connectivity index (χ3v) is 2.05. The van der Waals surface area contributed by atoms with Gasteiger partial charge in [0.15, 0.2) is 0 Å². The summed E-state index contributed by atoms with van der Waals surface area (Å²) in [6.07, 6.45) is 4.06. The molecule has 0 rings (SSSR count). The zero-order chi connectivity index (χ0) is 12.4. The maximum atomic E-state index is 10.3. The van der Waals surface area contributed by atoms with Crippen molar-refractivity contribution in [1.29, 1.82) is 0 Å². The van der Waals surface area contributed by atoms with E-state index in [2.05, 4.69) is 10.6 Å². The van der Waals surface area contributed by atoms with E-state index >= 15 is 0 Å². The van der Waals surface area contributed by atoms with Crippen LogP contribution >= 0.6 is 0 Å². The molecule has 2 atom stereocenters. The van der Waals surface area contributed by atoms with Crippen LogP contribution in [-0.4, -0.2) is 42.9 Å². The molecular formula is C11H21LiN2O3. The van der Waals surface area contributed by atoms with E-state index in [1.807, 2.05) is 13.0 Å². The quantitative estimate of drug-likeness (QED) is 0.214. The van der Waals surface area contributed by atoms with E-state index in [9.17, 15) is 15.0 Å². The molecule has 94 valence electrons. The normalized spacial score (nSPS) is 14.3. The number of hydrogen-bond acceptors (Lipinski definition) is 5. The first kappa shape index (κ1) is 19.0. The van der Waals surface area contributed by atoms with Crippen LogP contribution in [0.2, 0.25) is 0 Å².